The van der Waals surface area contributed by atoms with Gasteiger partial charge in [0, 0.05) is 19.5 Å². The smallest absolute Gasteiger partial charge is 0.407 e. The molecule has 2 amide bonds. The molecular weight excluding hydrogens is 252 g/mol. The zero-order valence-corrected chi connectivity index (χ0v) is 12.1. The third-order valence-corrected chi connectivity index (χ3v) is 2.81. The van der Waals surface area contributed by atoms with Gasteiger partial charge in [-0.3, -0.25) is 4.79 Å². The SMILES string of the molecule is CC(C)(C)OC(=O)NC1CCN(C(=O)CCS)C1. The van der Waals surface area contributed by atoms with Crippen molar-refractivity contribution < 1.29 is 14.3 Å². The van der Waals surface area contributed by atoms with Gasteiger partial charge in [0.2, 0.25) is 5.91 Å². The van der Waals surface area contributed by atoms with Crippen LogP contribution in [0.25, 0.3) is 0 Å². The highest BCUT2D eigenvalue weighted by molar-refractivity contribution is 7.80. The molecule has 6 heteroatoms. The zero-order chi connectivity index (χ0) is 13.8. The van der Waals surface area contributed by atoms with E-state index in [1.807, 2.05) is 20.8 Å². The van der Waals surface area contributed by atoms with Gasteiger partial charge < -0.3 is 15.0 Å². The highest BCUT2D eigenvalue weighted by Crippen LogP contribution is 2.12. The number of thiol groups is 1. The van der Waals surface area contributed by atoms with E-state index in [1.54, 1.807) is 4.90 Å². The molecule has 1 N–H and O–H groups in total. The molecule has 1 fully saturated rings. The average Bonchev–Trinajstić information content (AvgIpc) is 2.63. The Morgan fingerprint density at radius 1 is 1.44 bits per heavy atom. The van der Waals surface area contributed by atoms with E-state index in [1.165, 1.54) is 0 Å². The number of hydrogen-bond acceptors (Lipinski definition) is 4. The Labute approximate surface area is 114 Å². The summed E-state index contributed by atoms with van der Waals surface area (Å²) >= 11 is 4.04. The quantitative estimate of drug-likeness (QED) is 0.766. The van der Waals surface area contributed by atoms with Crippen LogP contribution < -0.4 is 5.32 Å². The molecule has 1 saturated heterocycles. The van der Waals surface area contributed by atoms with Crippen LogP contribution in [0.15, 0.2) is 0 Å². The third-order valence-electron chi connectivity index (χ3n) is 2.59. The van der Waals surface area contributed by atoms with Gasteiger partial charge in [-0.1, -0.05) is 0 Å². The summed E-state index contributed by atoms with van der Waals surface area (Å²) in [4.78, 5) is 25.0. The van der Waals surface area contributed by atoms with E-state index in [4.69, 9.17) is 4.74 Å². The van der Waals surface area contributed by atoms with Crippen LogP contribution in [-0.2, 0) is 9.53 Å². The number of carbonyl (C=O) groups is 2. The Morgan fingerprint density at radius 2 is 2.11 bits per heavy atom. The van der Waals surface area contributed by atoms with Crippen LogP contribution in [0.1, 0.15) is 33.6 Å². The molecule has 1 unspecified atom stereocenters. The lowest BCUT2D eigenvalue weighted by Crippen LogP contribution is -2.41. The van der Waals surface area contributed by atoms with Gasteiger partial charge in [0.05, 0.1) is 6.04 Å². The second kappa shape index (κ2) is 6.31. The minimum absolute atomic E-state index is 0.0104. The number of nitrogens with one attached hydrogen (secondary N) is 1. The van der Waals surface area contributed by atoms with Crippen molar-refractivity contribution in [3.8, 4) is 0 Å². The van der Waals surface area contributed by atoms with Crippen molar-refractivity contribution in [3.05, 3.63) is 0 Å². The molecule has 0 radical (unpaired) electrons. The number of hydrogen-bond donors (Lipinski definition) is 2. The standard InChI is InChI=1S/C12H22N2O3S/c1-12(2,3)17-11(16)13-9-4-6-14(8-9)10(15)5-7-18/h9,18H,4-8H2,1-3H3,(H,13,16). The molecule has 1 rings (SSSR count). The molecule has 0 spiro atoms. The summed E-state index contributed by atoms with van der Waals surface area (Å²) < 4.78 is 5.18. The fourth-order valence-corrected chi connectivity index (χ4v) is 2.02. The molecule has 0 aromatic rings. The first-order chi connectivity index (χ1) is 8.31. The van der Waals surface area contributed by atoms with Crippen molar-refractivity contribution in [2.45, 2.75) is 45.3 Å². The van der Waals surface area contributed by atoms with E-state index in [0.717, 1.165) is 6.42 Å². The molecule has 0 bridgehead atoms. The first kappa shape index (κ1) is 15.1. The Balaban J connectivity index is 2.34. The molecule has 1 atom stereocenters. The second-order valence-electron chi connectivity index (χ2n) is 5.45. The maximum absolute atomic E-state index is 11.6. The van der Waals surface area contributed by atoms with E-state index in [0.29, 0.717) is 25.3 Å². The van der Waals surface area contributed by atoms with E-state index >= 15 is 0 Å². The minimum atomic E-state index is -0.496. The number of likely N-dealkylation sites (tertiary alicyclic amines) is 1. The molecule has 1 aliphatic rings. The van der Waals surface area contributed by atoms with Crippen molar-refractivity contribution in [2.24, 2.45) is 0 Å². The maximum Gasteiger partial charge on any atom is 0.407 e. The molecule has 0 saturated carbocycles. The van der Waals surface area contributed by atoms with Gasteiger partial charge >= 0.3 is 6.09 Å². The van der Waals surface area contributed by atoms with Gasteiger partial charge in [-0.2, -0.15) is 12.6 Å². The number of nitrogens with zero attached hydrogens (tertiary/aromatic N) is 1. The summed E-state index contributed by atoms with van der Waals surface area (Å²) in [6, 6.07) is -0.0104. The largest absolute Gasteiger partial charge is 0.444 e. The highest BCUT2D eigenvalue weighted by Gasteiger charge is 2.28. The number of alkyl carbamates (subject to hydrolysis) is 1. The minimum Gasteiger partial charge on any atom is -0.444 e. The predicted octanol–water partition coefficient (Wildman–Crippen LogP) is 1.43. The molecule has 18 heavy (non-hydrogen) atoms. The van der Waals surface area contributed by atoms with Crippen LogP contribution in [0.4, 0.5) is 4.79 Å². The van der Waals surface area contributed by atoms with Crippen molar-refractivity contribution in [3.63, 3.8) is 0 Å². The predicted molar refractivity (Wildman–Crippen MR) is 72.8 cm³/mol. The topological polar surface area (TPSA) is 58.6 Å². The first-order valence-corrected chi connectivity index (χ1v) is 6.83. The van der Waals surface area contributed by atoms with Gasteiger partial charge in [0.25, 0.3) is 0 Å². The molecule has 104 valence electrons. The normalized spacial score (nSPS) is 19.8. The summed E-state index contributed by atoms with van der Waals surface area (Å²) in [5.74, 6) is 0.651. The second-order valence-corrected chi connectivity index (χ2v) is 5.89. The van der Waals surface area contributed by atoms with Gasteiger partial charge in [-0.05, 0) is 32.9 Å². The van der Waals surface area contributed by atoms with E-state index in [9.17, 15) is 9.59 Å². The molecular formula is C12H22N2O3S. The lowest BCUT2D eigenvalue weighted by Gasteiger charge is -2.22. The van der Waals surface area contributed by atoms with Crippen LogP contribution in [0, 0.1) is 0 Å². The van der Waals surface area contributed by atoms with Crippen LogP contribution >= 0.6 is 12.6 Å². The third kappa shape index (κ3) is 5.16. The van der Waals surface area contributed by atoms with Crippen molar-refractivity contribution in [2.75, 3.05) is 18.8 Å². The molecule has 1 heterocycles. The Bertz CT molecular complexity index is 315. The number of rotatable bonds is 3. The Hall–Kier alpha value is -0.910. The molecule has 0 aromatic heterocycles. The Morgan fingerprint density at radius 3 is 2.67 bits per heavy atom. The summed E-state index contributed by atoms with van der Waals surface area (Å²) in [6.45, 7) is 6.72. The van der Waals surface area contributed by atoms with Gasteiger partial charge in [0.1, 0.15) is 5.60 Å². The Kier molecular flexibility index (Phi) is 5.31. The molecule has 5 nitrogen and oxygen atoms in total. The highest BCUT2D eigenvalue weighted by atomic mass is 32.1. The zero-order valence-electron chi connectivity index (χ0n) is 11.2. The first-order valence-electron chi connectivity index (χ1n) is 6.20. The molecule has 0 aliphatic carbocycles. The van der Waals surface area contributed by atoms with Crippen LogP contribution in [0.3, 0.4) is 0 Å². The fourth-order valence-electron chi connectivity index (χ4n) is 1.83. The van der Waals surface area contributed by atoms with Crippen LogP contribution in [0.2, 0.25) is 0 Å². The van der Waals surface area contributed by atoms with Gasteiger partial charge in [-0.15, -0.1) is 0 Å². The number of amides is 2. The summed E-state index contributed by atoms with van der Waals surface area (Å²) in [6.07, 6.45) is 0.802. The maximum atomic E-state index is 11.6. The summed E-state index contributed by atoms with van der Waals surface area (Å²) in [5.41, 5.74) is -0.496. The van der Waals surface area contributed by atoms with E-state index in [-0.39, 0.29) is 11.9 Å². The average molecular weight is 274 g/mol. The van der Waals surface area contributed by atoms with Gasteiger partial charge in [0.15, 0.2) is 0 Å². The number of carbonyl (C=O) groups excluding carboxylic acids is 2. The lowest BCUT2D eigenvalue weighted by atomic mass is 10.2. The van der Waals surface area contributed by atoms with Gasteiger partial charge in [-0.25, -0.2) is 4.79 Å². The van der Waals surface area contributed by atoms with Crippen LogP contribution in [-0.4, -0.2) is 47.4 Å². The number of ether oxygens (including phenoxy) is 1. The fraction of sp³-hybridized carbons (Fsp3) is 0.833. The van der Waals surface area contributed by atoms with Crippen molar-refractivity contribution in [1.82, 2.24) is 10.2 Å². The van der Waals surface area contributed by atoms with Crippen molar-refractivity contribution in [1.29, 1.82) is 0 Å². The monoisotopic (exact) mass is 274 g/mol. The van der Waals surface area contributed by atoms with E-state index < -0.39 is 11.7 Å². The molecule has 0 aromatic carbocycles. The van der Waals surface area contributed by atoms with Crippen LogP contribution in [0.5, 0.6) is 0 Å². The summed E-state index contributed by atoms with van der Waals surface area (Å²) in [7, 11) is 0. The van der Waals surface area contributed by atoms with E-state index in [2.05, 4.69) is 17.9 Å². The summed E-state index contributed by atoms with van der Waals surface area (Å²) in [5, 5.41) is 2.79. The molecule has 1 aliphatic heterocycles. The lowest BCUT2D eigenvalue weighted by molar-refractivity contribution is -0.129. The van der Waals surface area contributed by atoms with Crippen molar-refractivity contribution >= 4 is 24.6 Å².